The maximum atomic E-state index is 13.2. The van der Waals surface area contributed by atoms with Crippen molar-refractivity contribution >= 4 is 16.6 Å². The number of anilines is 1. The van der Waals surface area contributed by atoms with Crippen LogP contribution in [0, 0.1) is 0 Å². The summed E-state index contributed by atoms with van der Waals surface area (Å²) in [5.74, 6) is 0.631. The Kier molecular flexibility index (Phi) is 8.06. The Balaban J connectivity index is 2.20. The van der Waals surface area contributed by atoms with Crippen LogP contribution in [0.15, 0.2) is 36.4 Å². The highest BCUT2D eigenvalue weighted by Crippen LogP contribution is 2.45. The van der Waals surface area contributed by atoms with Crippen molar-refractivity contribution < 1.29 is 32.5 Å². The van der Waals surface area contributed by atoms with Gasteiger partial charge in [-0.25, -0.2) is 4.98 Å². The molecule has 0 bridgehead atoms. The lowest BCUT2D eigenvalue weighted by Crippen LogP contribution is -2.17. The van der Waals surface area contributed by atoms with Crippen LogP contribution >= 0.6 is 0 Å². The van der Waals surface area contributed by atoms with E-state index in [-0.39, 0.29) is 35.8 Å². The van der Waals surface area contributed by atoms with Crippen LogP contribution in [0.3, 0.4) is 0 Å². The summed E-state index contributed by atoms with van der Waals surface area (Å²) in [4.78, 5) is 4.53. The molecule has 3 rings (SSSR count). The fraction of sp³-hybridized carbons (Fsp3) is 0.375. The summed E-state index contributed by atoms with van der Waals surface area (Å²) in [5.41, 5.74) is 6.21. The number of hydrogen-bond donors (Lipinski definition) is 3. The smallest absolute Gasteiger partial charge is 0.416 e. The number of hydrogen-bond acceptors (Lipinski definition) is 7. The van der Waals surface area contributed by atoms with E-state index in [1.54, 1.807) is 12.1 Å². The van der Waals surface area contributed by atoms with E-state index in [0.29, 0.717) is 28.7 Å². The molecule has 1 unspecified atom stereocenters. The van der Waals surface area contributed by atoms with Crippen molar-refractivity contribution in [1.82, 2.24) is 4.98 Å². The Bertz CT molecular complexity index is 1140. The van der Waals surface area contributed by atoms with Gasteiger partial charge in [0.25, 0.3) is 0 Å². The topological polar surface area (TPSA) is 98.9 Å². The van der Waals surface area contributed by atoms with E-state index in [4.69, 9.17) is 19.9 Å². The summed E-state index contributed by atoms with van der Waals surface area (Å²) in [5, 5.41) is 13.9. The Hall–Kier alpha value is -3.24. The molecule has 0 aliphatic heterocycles. The van der Waals surface area contributed by atoms with Crippen molar-refractivity contribution in [1.29, 1.82) is 0 Å². The third-order valence-electron chi connectivity index (χ3n) is 5.28. The molecule has 10 heteroatoms. The lowest BCUT2D eigenvalue weighted by Gasteiger charge is -2.21. The molecule has 34 heavy (non-hydrogen) atoms. The molecule has 4 N–H and O–H groups in total. The zero-order valence-corrected chi connectivity index (χ0v) is 19.2. The Morgan fingerprint density at radius 1 is 1.15 bits per heavy atom. The summed E-state index contributed by atoms with van der Waals surface area (Å²) in [7, 11) is 2.88. The van der Waals surface area contributed by atoms with Crippen molar-refractivity contribution in [2.75, 3.05) is 26.1 Å². The van der Waals surface area contributed by atoms with Crippen molar-refractivity contribution in [3.05, 3.63) is 47.5 Å². The van der Waals surface area contributed by atoms with Crippen LogP contribution < -0.4 is 25.3 Å². The molecule has 0 aliphatic rings. The molecule has 0 saturated carbocycles. The minimum absolute atomic E-state index is 0.0360. The van der Waals surface area contributed by atoms with E-state index >= 15 is 0 Å². The van der Waals surface area contributed by atoms with Crippen molar-refractivity contribution in [2.24, 2.45) is 5.73 Å². The maximum absolute atomic E-state index is 13.2. The summed E-state index contributed by atoms with van der Waals surface area (Å²) in [6.45, 7) is 2.17. The Labute approximate surface area is 195 Å². The number of ether oxygens (including phenoxy) is 3. The number of nitrogens with zero attached hydrogens (tertiary/aromatic N) is 1. The highest BCUT2D eigenvalue weighted by molar-refractivity contribution is 6.00. The van der Waals surface area contributed by atoms with Gasteiger partial charge in [-0.3, -0.25) is 0 Å². The maximum Gasteiger partial charge on any atom is 0.416 e. The van der Waals surface area contributed by atoms with Gasteiger partial charge in [0.05, 0.1) is 37.5 Å². The number of alkyl halides is 3. The first kappa shape index (κ1) is 25.4. The van der Waals surface area contributed by atoms with Gasteiger partial charge in [-0.15, -0.1) is 0 Å². The van der Waals surface area contributed by atoms with Gasteiger partial charge in [-0.1, -0.05) is 6.07 Å². The average molecular weight is 479 g/mol. The van der Waals surface area contributed by atoms with Crippen LogP contribution in [0.5, 0.6) is 23.1 Å². The van der Waals surface area contributed by atoms with E-state index in [9.17, 15) is 18.3 Å². The second-order valence-corrected chi connectivity index (χ2v) is 7.76. The number of fused-ring (bicyclic) bond motifs is 1. The molecular weight excluding hydrogens is 451 g/mol. The summed E-state index contributed by atoms with van der Waals surface area (Å²) < 4.78 is 56.4. The quantitative estimate of drug-likeness (QED) is 0.372. The molecule has 0 fully saturated rings. The number of methoxy groups -OCH3 is 2. The van der Waals surface area contributed by atoms with Crippen LogP contribution in [0.25, 0.3) is 10.9 Å². The molecule has 0 amide bonds. The number of aromatic nitrogens is 1. The fourth-order valence-electron chi connectivity index (χ4n) is 3.62. The largest absolute Gasteiger partial charge is 0.493 e. The monoisotopic (exact) mass is 479 g/mol. The van der Waals surface area contributed by atoms with Crippen molar-refractivity contribution in [3.8, 4) is 23.1 Å². The number of nitrogens with one attached hydrogen (secondary N) is 1. The molecule has 2 aromatic carbocycles. The van der Waals surface area contributed by atoms with Gasteiger partial charge in [0.1, 0.15) is 11.3 Å². The SMILES string of the molecule is COc1cc(CO)c2c(Oc3cccc(C(F)(F)F)c3)c(OC)cc(NC(C)CCCN)c2n1. The summed E-state index contributed by atoms with van der Waals surface area (Å²) in [6, 6.07) is 7.79. The zero-order valence-electron chi connectivity index (χ0n) is 19.2. The number of nitrogens with two attached hydrogens (primary N) is 1. The van der Waals surface area contributed by atoms with Crippen LogP contribution in [-0.4, -0.2) is 36.9 Å². The van der Waals surface area contributed by atoms with Gasteiger partial charge < -0.3 is 30.4 Å². The molecule has 1 aromatic heterocycles. The predicted octanol–water partition coefficient (Wildman–Crippen LogP) is 5.09. The highest BCUT2D eigenvalue weighted by Gasteiger charge is 2.31. The van der Waals surface area contributed by atoms with Crippen molar-refractivity contribution in [3.63, 3.8) is 0 Å². The molecule has 1 atom stereocenters. The van der Waals surface area contributed by atoms with Gasteiger partial charge >= 0.3 is 6.18 Å². The minimum Gasteiger partial charge on any atom is -0.493 e. The van der Waals surface area contributed by atoms with E-state index in [1.807, 2.05) is 6.92 Å². The first-order chi connectivity index (χ1) is 16.2. The van der Waals surface area contributed by atoms with Crippen LogP contribution in [0.1, 0.15) is 30.9 Å². The van der Waals surface area contributed by atoms with Crippen LogP contribution in [0.4, 0.5) is 18.9 Å². The van der Waals surface area contributed by atoms with E-state index in [0.717, 1.165) is 25.0 Å². The minimum atomic E-state index is -4.52. The number of aliphatic hydroxyl groups excluding tert-OH is 1. The van der Waals surface area contributed by atoms with E-state index < -0.39 is 11.7 Å². The van der Waals surface area contributed by atoms with Crippen molar-refractivity contribution in [2.45, 2.75) is 38.6 Å². The first-order valence-electron chi connectivity index (χ1n) is 10.7. The number of rotatable bonds is 10. The molecular formula is C24H28F3N3O4. The number of halogens is 3. The van der Waals surface area contributed by atoms with Gasteiger partial charge in [0.15, 0.2) is 11.5 Å². The molecule has 184 valence electrons. The molecule has 3 aromatic rings. The molecule has 0 aliphatic carbocycles. The van der Waals surface area contributed by atoms with Gasteiger partial charge in [0, 0.05) is 18.2 Å². The molecule has 0 radical (unpaired) electrons. The van der Waals surface area contributed by atoms with Crippen LogP contribution in [0.2, 0.25) is 0 Å². The molecule has 7 nitrogen and oxygen atoms in total. The van der Waals surface area contributed by atoms with Crippen LogP contribution in [-0.2, 0) is 12.8 Å². The Morgan fingerprint density at radius 2 is 1.91 bits per heavy atom. The summed E-state index contributed by atoms with van der Waals surface area (Å²) >= 11 is 0. The lowest BCUT2D eigenvalue weighted by atomic mass is 10.0. The summed E-state index contributed by atoms with van der Waals surface area (Å²) in [6.07, 6.45) is -2.90. The second-order valence-electron chi connectivity index (χ2n) is 7.76. The molecule has 1 heterocycles. The third-order valence-corrected chi connectivity index (χ3v) is 5.28. The Morgan fingerprint density at radius 3 is 2.53 bits per heavy atom. The van der Waals surface area contributed by atoms with Gasteiger partial charge in [-0.2, -0.15) is 13.2 Å². The zero-order chi connectivity index (χ0) is 24.9. The van der Waals surface area contributed by atoms with Gasteiger partial charge in [0.2, 0.25) is 5.88 Å². The van der Waals surface area contributed by atoms with Gasteiger partial charge in [-0.05, 0) is 50.1 Å². The number of benzene rings is 2. The lowest BCUT2D eigenvalue weighted by molar-refractivity contribution is -0.137. The second kappa shape index (κ2) is 10.8. The number of aliphatic hydroxyl groups is 1. The average Bonchev–Trinajstić information content (AvgIpc) is 2.82. The molecule has 0 spiro atoms. The highest BCUT2D eigenvalue weighted by atomic mass is 19.4. The normalized spacial score (nSPS) is 12.5. The number of pyridine rings is 1. The predicted molar refractivity (Wildman–Crippen MR) is 124 cm³/mol. The standard InChI is InChI=1S/C24H28F3N3O4/c1-14(6-5-9-28)29-18-12-19(32-2)23(21-15(13-31)10-20(33-3)30-22(18)21)34-17-8-4-7-16(11-17)24(25,26)27/h4,7-8,10-12,14,29,31H,5-6,9,13,28H2,1-3H3. The molecule has 0 saturated heterocycles. The third kappa shape index (κ3) is 5.63. The van der Waals surface area contributed by atoms with E-state index in [2.05, 4.69) is 10.3 Å². The first-order valence-corrected chi connectivity index (χ1v) is 10.7. The van der Waals surface area contributed by atoms with E-state index in [1.165, 1.54) is 26.4 Å². The fourth-order valence-corrected chi connectivity index (χ4v) is 3.62.